The molecule has 0 bridgehead atoms. The molecule has 1 aromatic carbocycles. The number of nitrogens with one attached hydrogen (secondary N) is 1. The zero-order chi connectivity index (χ0) is 23.3. The van der Waals surface area contributed by atoms with E-state index in [0.717, 1.165) is 35.7 Å². The number of alkyl halides is 2. The van der Waals surface area contributed by atoms with Crippen LogP contribution >= 0.6 is 11.8 Å². The maximum absolute atomic E-state index is 13.0. The van der Waals surface area contributed by atoms with Gasteiger partial charge in [0.05, 0.1) is 6.54 Å². The normalized spacial score (nSPS) is 21.7. The van der Waals surface area contributed by atoms with Crippen molar-refractivity contribution >= 4 is 38.4 Å². The Morgan fingerprint density at radius 1 is 1.25 bits per heavy atom. The SMILES string of the molecule is CC(C)(O)C1=NCC(S(N)(=O)=NC(=O)Nc2c3c(c(OC(F)F)c4c2CCC4)CCC3)S1. The second kappa shape index (κ2) is 8.54. The number of nitrogens with two attached hydrogens (primary N) is 1. The number of hydrogen-bond acceptors (Lipinski definition) is 6. The first kappa shape index (κ1) is 23.4. The lowest BCUT2D eigenvalue weighted by molar-refractivity contribution is -0.0509. The molecule has 32 heavy (non-hydrogen) atoms. The van der Waals surface area contributed by atoms with Gasteiger partial charge in [-0.05, 0) is 74.6 Å². The number of rotatable bonds is 5. The number of aliphatic imine (C=N–C) groups is 1. The number of hydrogen-bond donors (Lipinski definition) is 3. The molecule has 1 heterocycles. The number of amides is 2. The number of anilines is 1. The molecule has 0 saturated heterocycles. The molecule has 3 aliphatic rings. The smallest absolute Gasteiger partial charge is 0.387 e. The van der Waals surface area contributed by atoms with E-state index in [2.05, 4.69) is 14.7 Å². The Balaban J connectivity index is 1.62. The van der Waals surface area contributed by atoms with Crippen LogP contribution in [0.1, 0.15) is 48.9 Å². The zero-order valence-electron chi connectivity index (χ0n) is 17.8. The molecule has 0 aromatic heterocycles. The van der Waals surface area contributed by atoms with E-state index in [1.807, 2.05) is 0 Å². The number of urea groups is 1. The summed E-state index contributed by atoms with van der Waals surface area (Å²) in [6.07, 6.45) is 3.96. The van der Waals surface area contributed by atoms with E-state index in [0.29, 0.717) is 47.5 Å². The topological polar surface area (TPSA) is 126 Å². The standard InChI is InChI=1S/C20H26F2N4O4S2/c1-20(2,28)17-24-9-14(31-17)32(23,29)26-19(27)25-15-10-5-3-7-12(10)16(30-18(21)22)13-8-4-6-11(13)15/h14,18,28H,3-9H2,1-2H3,(H3,23,25,26,27,29). The summed E-state index contributed by atoms with van der Waals surface area (Å²) < 4.78 is 46.9. The van der Waals surface area contributed by atoms with Crippen LogP contribution in [0.25, 0.3) is 0 Å². The van der Waals surface area contributed by atoms with Crippen LogP contribution in [0.4, 0.5) is 19.3 Å². The highest BCUT2D eigenvalue weighted by Gasteiger charge is 2.36. The minimum Gasteiger partial charge on any atom is -0.434 e. The average Bonchev–Trinajstić information content (AvgIpc) is 3.43. The second-order valence-electron chi connectivity index (χ2n) is 8.59. The Labute approximate surface area is 189 Å². The van der Waals surface area contributed by atoms with Gasteiger partial charge in [-0.3, -0.25) is 4.99 Å². The number of nitrogens with zero attached hydrogens (tertiary/aromatic N) is 2. The minimum absolute atomic E-state index is 0.0839. The lowest BCUT2D eigenvalue weighted by Gasteiger charge is -2.20. The molecule has 8 nitrogen and oxygen atoms in total. The van der Waals surface area contributed by atoms with Crippen molar-refractivity contribution in [3.63, 3.8) is 0 Å². The monoisotopic (exact) mass is 488 g/mol. The largest absolute Gasteiger partial charge is 0.434 e. The summed E-state index contributed by atoms with van der Waals surface area (Å²) in [6, 6.07) is -0.847. The Morgan fingerprint density at radius 3 is 2.31 bits per heavy atom. The molecule has 176 valence electrons. The van der Waals surface area contributed by atoms with Crippen LogP contribution in [0, 0.1) is 0 Å². The van der Waals surface area contributed by atoms with Crippen molar-refractivity contribution in [2.45, 2.75) is 69.2 Å². The maximum atomic E-state index is 13.0. The lowest BCUT2D eigenvalue weighted by Crippen LogP contribution is -2.31. The highest BCUT2D eigenvalue weighted by molar-refractivity contribution is 8.23. The maximum Gasteiger partial charge on any atom is 0.387 e. The van der Waals surface area contributed by atoms with Crippen molar-refractivity contribution < 1.29 is 27.6 Å². The Hall–Kier alpha value is -1.76. The summed E-state index contributed by atoms with van der Waals surface area (Å²) >= 11 is 1.06. The molecule has 0 spiro atoms. The number of ether oxygens (including phenoxy) is 1. The van der Waals surface area contributed by atoms with E-state index in [4.69, 9.17) is 9.88 Å². The number of carbonyl (C=O) groups excluding carboxylic acids is 1. The van der Waals surface area contributed by atoms with Crippen LogP contribution < -0.4 is 15.2 Å². The summed E-state index contributed by atoms with van der Waals surface area (Å²) in [5.41, 5.74) is 2.31. The van der Waals surface area contributed by atoms with Gasteiger partial charge in [0, 0.05) is 5.69 Å². The van der Waals surface area contributed by atoms with Crippen LogP contribution in [-0.2, 0) is 35.6 Å². The highest BCUT2D eigenvalue weighted by atomic mass is 32.3. The minimum atomic E-state index is -3.45. The van der Waals surface area contributed by atoms with Gasteiger partial charge in [0.25, 0.3) is 0 Å². The van der Waals surface area contributed by atoms with E-state index in [1.165, 1.54) is 0 Å². The van der Waals surface area contributed by atoms with Crippen molar-refractivity contribution in [1.29, 1.82) is 0 Å². The summed E-state index contributed by atoms with van der Waals surface area (Å²) in [6.45, 7) is 0.292. The third kappa shape index (κ3) is 4.50. The first-order chi connectivity index (χ1) is 15.0. The van der Waals surface area contributed by atoms with Gasteiger partial charge < -0.3 is 15.2 Å². The third-order valence-corrected chi connectivity index (χ3v) is 9.51. The van der Waals surface area contributed by atoms with Gasteiger partial charge in [-0.15, -0.1) is 4.36 Å². The molecule has 2 aliphatic carbocycles. The van der Waals surface area contributed by atoms with Crippen molar-refractivity contribution in [2.24, 2.45) is 14.5 Å². The first-order valence-corrected chi connectivity index (χ1v) is 12.9. The molecule has 12 heteroatoms. The molecule has 1 aromatic rings. The lowest BCUT2D eigenvalue weighted by atomic mass is 9.97. The average molecular weight is 489 g/mol. The summed E-state index contributed by atoms with van der Waals surface area (Å²) in [7, 11) is -3.45. The van der Waals surface area contributed by atoms with Crippen molar-refractivity contribution in [2.75, 3.05) is 11.9 Å². The summed E-state index contributed by atoms with van der Waals surface area (Å²) in [4.78, 5) is 16.9. The molecule has 1 aliphatic heterocycles. The second-order valence-corrected chi connectivity index (χ2v) is 12.1. The molecule has 2 amide bonds. The number of aliphatic hydroxyl groups is 1. The van der Waals surface area contributed by atoms with Crippen molar-refractivity contribution in [3.05, 3.63) is 22.3 Å². The fourth-order valence-electron chi connectivity index (χ4n) is 4.47. The van der Waals surface area contributed by atoms with E-state index >= 15 is 0 Å². The number of fused-ring (bicyclic) bond motifs is 2. The number of thioether (sulfide) groups is 1. The fourth-order valence-corrected chi connectivity index (χ4v) is 6.97. The Bertz CT molecular complexity index is 1070. The highest BCUT2D eigenvalue weighted by Crippen LogP contribution is 2.46. The van der Waals surface area contributed by atoms with E-state index < -0.39 is 32.7 Å². The van der Waals surface area contributed by atoms with Gasteiger partial charge in [-0.2, -0.15) is 8.78 Å². The predicted octanol–water partition coefficient (Wildman–Crippen LogP) is 3.38. The molecule has 0 fully saturated rings. The number of benzene rings is 1. The number of carbonyl (C=O) groups is 1. The Kier molecular flexibility index (Phi) is 6.25. The zero-order valence-corrected chi connectivity index (χ0v) is 19.5. The molecular weight excluding hydrogens is 462 g/mol. The Morgan fingerprint density at radius 2 is 1.81 bits per heavy atom. The molecule has 0 radical (unpaired) electrons. The van der Waals surface area contributed by atoms with Crippen LogP contribution in [0.5, 0.6) is 5.75 Å². The van der Waals surface area contributed by atoms with E-state index in [1.54, 1.807) is 13.8 Å². The summed E-state index contributed by atoms with van der Waals surface area (Å²) in [5, 5.41) is 19.1. The molecule has 4 N–H and O–H groups in total. The van der Waals surface area contributed by atoms with Gasteiger partial charge in [0.15, 0.2) is 0 Å². The predicted molar refractivity (Wildman–Crippen MR) is 121 cm³/mol. The van der Waals surface area contributed by atoms with Gasteiger partial charge in [0.1, 0.15) is 30.9 Å². The van der Waals surface area contributed by atoms with Gasteiger partial charge in [-0.1, -0.05) is 11.8 Å². The van der Waals surface area contributed by atoms with E-state index in [9.17, 15) is 22.9 Å². The number of halogens is 2. The van der Waals surface area contributed by atoms with Crippen LogP contribution in [0.15, 0.2) is 9.36 Å². The molecule has 0 saturated carbocycles. The van der Waals surface area contributed by atoms with E-state index in [-0.39, 0.29) is 12.3 Å². The van der Waals surface area contributed by atoms with Crippen LogP contribution in [0.2, 0.25) is 0 Å². The van der Waals surface area contributed by atoms with Gasteiger partial charge in [-0.25, -0.2) is 14.1 Å². The first-order valence-electron chi connectivity index (χ1n) is 10.4. The van der Waals surface area contributed by atoms with Crippen LogP contribution in [0.3, 0.4) is 0 Å². The van der Waals surface area contributed by atoms with Crippen molar-refractivity contribution in [3.8, 4) is 5.75 Å². The molecule has 4 rings (SSSR count). The van der Waals surface area contributed by atoms with Crippen molar-refractivity contribution in [1.82, 2.24) is 0 Å². The molecular formula is C20H26F2N4O4S2. The third-order valence-electron chi connectivity index (χ3n) is 5.78. The van der Waals surface area contributed by atoms with Crippen LogP contribution in [-0.4, -0.2) is 43.7 Å². The quantitative estimate of drug-likeness (QED) is 0.586. The van der Waals surface area contributed by atoms with Gasteiger partial charge in [0.2, 0.25) is 0 Å². The molecule has 2 unspecified atom stereocenters. The fraction of sp³-hybridized carbons (Fsp3) is 0.600. The molecule has 2 atom stereocenters. The summed E-state index contributed by atoms with van der Waals surface area (Å²) in [5.74, 6) is 0.246. The van der Waals surface area contributed by atoms with Gasteiger partial charge >= 0.3 is 12.6 Å².